The molecule has 1 heterocycles. The molecule has 2 saturated carbocycles. The van der Waals surface area contributed by atoms with E-state index in [1.165, 1.54) is 0 Å². The van der Waals surface area contributed by atoms with E-state index in [9.17, 15) is 9.59 Å². The van der Waals surface area contributed by atoms with Crippen LogP contribution in [0.15, 0.2) is 24.5 Å². The molecule has 112 valence electrons. The second kappa shape index (κ2) is 4.38. The first-order chi connectivity index (χ1) is 9.77. The quantitative estimate of drug-likeness (QED) is 0.833. The van der Waals surface area contributed by atoms with Gasteiger partial charge in [-0.05, 0) is 30.4 Å². The molecular formula is C16H19BrN2O2. The number of hydrogen-bond donors (Lipinski definition) is 1. The van der Waals surface area contributed by atoms with E-state index in [0.717, 1.165) is 12.8 Å². The van der Waals surface area contributed by atoms with Gasteiger partial charge >= 0.3 is 0 Å². The number of hydrogen-bond acceptors (Lipinski definition) is 3. The van der Waals surface area contributed by atoms with Gasteiger partial charge in [-0.15, -0.1) is 0 Å². The van der Waals surface area contributed by atoms with Crippen LogP contribution in [0.2, 0.25) is 0 Å². The van der Waals surface area contributed by atoms with Gasteiger partial charge < -0.3 is 5.32 Å². The Balaban J connectivity index is 2.00. The summed E-state index contributed by atoms with van der Waals surface area (Å²) >= 11 is 3.52. The number of pyridine rings is 1. The number of nitrogens with one attached hydrogen (secondary N) is 1. The molecule has 1 amide bonds. The summed E-state index contributed by atoms with van der Waals surface area (Å²) in [5, 5.41) is 2.96. The van der Waals surface area contributed by atoms with Crippen molar-refractivity contribution >= 4 is 33.3 Å². The highest BCUT2D eigenvalue weighted by atomic mass is 79.9. The number of alkyl halides is 1. The summed E-state index contributed by atoms with van der Waals surface area (Å²) in [6, 6.07) is 3.52. The van der Waals surface area contributed by atoms with Crippen molar-refractivity contribution in [2.75, 3.05) is 5.32 Å². The van der Waals surface area contributed by atoms with Crippen LogP contribution < -0.4 is 5.32 Å². The fourth-order valence-electron chi connectivity index (χ4n) is 4.13. The lowest BCUT2D eigenvalue weighted by Gasteiger charge is -2.39. The van der Waals surface area contributed by atoms with Crippen molar-refractivity contribution in [3.05, 3.63) is 24.5 Å². The van der Waals surface area contributed by atoms with Crippen LogP contribution in [0.3, 0.4) is 0 Å². The Hall–Kier alpha value is -1.23. The van der Waals surface area contributed by atoms with Crippen LogP contribution in [-0.2, 0) is 9.59 Å². The van der Waals surface area contributed by atoms with Crippen molar-refractivity contribution in [3.63, 3.8) is 0 Å². The third kappa shape index (κ3) is 1.58. The predicted octanol–water partition coefficient (Wildman–Crippen LogP) is 3.18. The maximum Gasteiger partial charge on any atom is 0.232 e. The molecule has 1 aromatic rings. The first kappa shape index (κ1) is 14.7. The standard InChI is InChI=1S/C16H19BrN2O2/c1-14(2)15(3)6-7-16(14,11(17)12(15)20)13(21)19-10-4-8-18-9-5-10/h4-5,8-9,11H,6-7H2,1-3H3,(H,18,19,21). The Morgan fingerprint density at radius 3 is 2.43 bits per heavy atom. The van der Waals surface area contributed by atoms with Crippen molar-refractivity contribution < 1.29 is 9.59 Å². The van der Waals surface area contributed by atoms with E-state index in [-0.39, 0.29) is 17.1 Å². The van der Waals surface area contributed by atoms with Gasteiger partial charge in [-0.25, -0.2) is 0 Å². The Kier molecular flexibility index (Phi) is 3.07. The minimum atomic E-state index is -0.692. The zero-order valence-corrected chi connectivity index (χ0v) is 14.0. The minimum Gasteiger partial charge on any atom is -0.325 e. The monoisotopic (exact) mass is 350 g/mol. The van der Waals surface area contributed by atoms with Gasteiger partial charge in [0.2, 0.25) is 5.91 Å². The van der Waals surface area contributed by atoms with Crippen LogP contribution >= 0.6 is 15.9 Å². The summed E-state index contributed by atoms with van der Waals surface area (Å²) < 4.78 is 0. The number of ketones is 1. The number of carbonyl (C=O) groups is 2. The number of anilines is 1. The van der Waals surface area contributed by atoms with E-state index in [1.54, 1.807) is 24.5 Å². The highest BCUT2D eigenvalue weighted by molar-refractivity contribution is 9.10. The molecule has 3 rings (SSSR count). The summed E-state index contributed by atoms with van der Waals surface area (Å²) in [5.41, 5.74) is -0.783. The van der Waals surface area contributed by atoms with E-state index in [2.05, 4.69) is 26.2 Å². The smallest absolute Gasteiger partial charge is 0.232 e. The zero-order chi connectivity index (χ0) is 15.5. The summed E-state index contributed by atoms with van der Waals surface area (Å²) in [7, 11) is 0. The van der Waals surface area contributed by atoms with Gasteiger partial charge in [0.1, 0.15) is 0 Å². The predicted molar refractivity (Wildman–Crippen MR) is 84.1 cm³/mol. The van der Waals surface area contributed by atoms with Crippen LogP contribution in [0, 0.1) is 16.2 Å². The summed E-state index contributed by atoms with van der Waals surface area (Å²) in [5.74, 6) is 0.0822. The fraction of sp³-hybridized carbons (Fsp3) is 0.562. The zero-order valence-electron chi connectivity index (χ0n) is 12.4. The van der Waals surface area contributed by atoms with Crippen molar-refractivity contribution in [1.82, 2.24) is 4.98 Å². The minimum absolute atomic E-state index is 0.0739. The molecule has 3 unspecified atom stereocenters. The van der Waals surface area contributed by atoms with E-state index in [1.807, 2.05) is 20.8 Å². The van der Waals surface area contributed by atoms with Crippen molar-refractivity contribution in [3.8, 4) is 0 Å². The topological polar surface area (TPSA) is 59.1 Å². The lowest BCUT2D eigenvalue weighted by Crippen LogP contribution is -2.47. The molecule has 0 aromatic carbocycles. The van der Waals surface area contributed by atoms with Gasteiger partial charge in [0.15, 0.2) is 5.78 Å². The Labute approximate surface area is 132 Å². The van der Waals surface area contributed by atoms with Crippen LogP contribution in [0.1, 0.15) is 33.6 Å². The van der Waals surface area contributed by atoms with E-state index >= 15 is 0 Å². The summed E-state index contributed by atoms with van der Waals surface area (Å²) in [6.45, 7) is 6.09. The van der Waals surface area contributed by atoms with Crippen molar-refractivity contribution in [2.45, 2.75) is 38.4 Å². The molecule has 2 bridgehead atoms. The van der Waals surface area contributed by atoms with Crippen molar-refractivity contribution in [1.29, 1.82) is 0 Å². The van der Waals surface area contributed by atoms with Gasteiger partial charge in [0, 0.05) is 23.5 Å². The second-order valence-corrected chi connectivity index (χ2v) is 7.76. The number of halogens is 1. The van der Waals surface area contributed by atoms with Crippen molar-refractivity contribution in [2.24, 2.45) is 16.2 Å². The van der Waals surface area contributed by atoms with Gasteiger partial charge in [0.05, 0.1) is 10.2 Å². The molecular weight excluding hydrogens is 332 g/mol. The molecule has 5 heteroatoms. The van der Waals surface area contributed by atoms with Gasteiger partial charge in [-0.1, -0.05) is 36.7 Å². The maximum absolute atomic E-state index is 13.0. The molecule has 3 atom stereocenters. The number of nitrogens with zero attached hydrogens (tertiary/aromatic N) is 1. The largest absolute Gasteiger partial charge is 0.325 e. The molecule has 4 nitrogen and oxygen atoms in total. The SMILES string of the molecule is CC12CCC(C(=O)Nc3ccncc3)(C(Br)C1=O)C2(C)C. The number of aromatic nitrogens is 1. The maximum atomic E-state index is 13.0. The highest BCUT2D eigenvalue weighted by Gasteiger charge is 2.76. The number of fused-ring (bicyclic) bond motifs is 2. The molecule has 0 radical (unpaired) electrons. The van der Waals surface area contributed by atoms with Gasteiger partial charge in [-0.3, -0.25) is 14.6 Å². The third-order valence-electron chi connectivity index (χ3n) is 6.06. The number of rotatable bonds is 2. The lowest BCUT2D eigenvalue weighted by molar-refractivity contribution is -0.130. The summed E-state index contributed by atoms with van der Waals surface area (Å²) in [4.78, 5) is 29.2. The Bertz CT molecular complexity index is 616. The van der Waals surface area contributed by atoms with E-state index in [4.69, 9.17) is 0 Å². The average molecular weight is 351 g/mol. The summed E-state index contributed by atoms with van der Waals surface area (Å²) in [6.07, 6.45) is 4.78. The molecule has 2 aliphatic carbocycles. The first-order valence-corrected chi connectivity index (χ1v) is 8.09. The number of Topliss-reactive ketones (excluding diaryl/α,β-unsaturated/α-hetero) is 1. The van der Waals surface area contributed by atoms with Gasteiger partial charge in [-0.2, -0.15) is 0 Å². The fourth-order valence-corrected chi connectivity index (χ4v) is 5.65. The van der Waals surface area contributed by atoms with Gasteiger partial charge in [0.25, 0.3) is 0 Å². The Morgan fingerprint density at radius 2 is 1.90 bits per heavy atom. The molecule has 2 fully saturated rings. The first-order valence-electron chi connectivity index (χ1n) is 7.17. The van der Waals surface area contributed by atoms with E-state index < -0.39 is 15.7 Å². The highest BCUT2D eigenvalue weighted by Crippen LogP contribution is 2.72. The molecule has 2 aliphatic rings. The van der Waals surface area contributed by atoms with Crippen LogP contribution in [0.5, 0.6) is 0 Å². The average Bonchev–Trinajstić information content (AvgIpc) is 2.72. The van der Waals surface area contributed by atoms with Crippen LogP contribution in [0.25, 0.3) is 0 Å². The van der Waals surface area contributed by atoms with Crippen LogP contribution in [0.4, 0.5) is 5.69 Å². The molecule has 0 spiro atoms. The number of carbonyl (C=O) groups excluding carboxylic acids is 2. The molecule has 1 aromatic heterocycles. The molecule has 0 aliphatic heterocycles. The molecule has 21 heavy (non-hydrogen) atoms. The lowest BCUT2D eigenvalue weighted by atomic mass is 9.64. The molecule has 0 saturated heterocycles. The number of amides is 1. The van der Waals surface area contributed by atoms with E-state index in [0.29, 0.717) is 5.69 Å². The second-order valence-electron chi connectivity index (χ2n) is 6.85. The van der Waals surface area contributed by atoms with Crippen LogP contribution in [-0.4, -0.2) is 21.5 Å². The Morgan fingerprint density at radius 1 is 1.29 bits per heavy atom. The molecule has 1 N–H and O–H groups in total. The third-order valence-corrected chi connectivity index (χ3v) is 7.26. The normalized spacial score (nSPS) is 36.8.